The molecule has 0 bridgehead atoms. The van der Waals surface area contributed by atoms with Gasteiger partial charge in [0.25, 0.3) is 5.56 Å². The van der Waals surface area contributed by atoms with Gasteiger partial charge in [0.15, 0.2) is 0 Å². The fraction of sp³-hybridized carbons (Fsp3) is 0.462. The number of amides is 1. The van der Waals surface area contributed by atoms with Crippen LogP contribution in [0.2, 0.25) is 0 Å². The molecule has 2 N–H and O–H groups in total. The molecule has 108 valence electrons. The standard InChI is InChI=1S/C13H17N3O3S/c1-8(6-17)9(2)15-11(18)5-16-7-14-12-10(13(16)19)3-4-20-12/h3-4,7-9,17H,5-6H2,1-2H3,(H,15,18). The van der Waals surface area contributed by atoms with Crippen molar-refractivity contribution in [1.82, 2.24) is 14.9 Å². The molecule has 2 aromatic heterocycles. The predicted molar refractivity (Wildman–Crippen MR) is 77.7 cm³/mol. The zero-order valence-corrected chi connectivity index (χ0v) is 12.2. The van der Waals surface area contributed by atoms with Crippen LogP contribution in [0.3, 0.4) is 0 Å². The molecule has 1 amide bonds. The quantitative estimate of drug-likeness (QED) is 0.845. The van der Waals surface area contributed by atoms with Crippen molar-refractivity contribution in [1.29, 1.82) is 0 Å². The second-order valence-corrected chi connectivity index (χ2v) is 5.73. The van der Waals surface area contributed by atoms with Gasteiger partial charge in [-0.25, -0.2) is 4.98 Å². The van der Waals surface area contributed by atoms with E-state index in [1.807, 2.05) is 13.8 Å². The summed E-state index contributed by atoms with van der Waals surface area (Å²) in [5, 5.41) is 14.1. The lowest BCUT2D eigenvalue weighted by Crippen LogP contribution is -2.41. The maximum absolute atomic E-state index is 12.1. The molecule has 20 heavy (non-hydrogen) atoms. The van der Waals surface area contributed by atoms with E-state index in [4.69, 9.17) is 5.11 Å². The van der Waals surface area contributed by atoms with E-state index in [9.17, 15) is 9.59 Å². The molecule has 0 radical (unpaired) electrons. The van der Waals surface area contributed by atoms with Crippen LogP contribution in [0.4, 0.5) is 0 Å². The van der Waals surface area contributed by atoms with Gasteiger partial charge in [-0.2, -0.15) is 0 Å². The van der Waals surface area contributed by atoms with Gasteiger partial charge in [0, 0.05) is 12.6 Å². The molecule has 2 rings (SSSR count). The van der Waals surface area contributed by atoms with Gasteiger partial charge in [-0.1, -0.05) is 6.92 Å². The Hall–Kier alpha value is -1.73. The summed E-state index contributed by atoms with van der Waals surface area (Å²) >= 11 is 1.39. The molecule has 0 aromatic carbocycles. The van der Waals surface area contributed by atoms with Crippen LogP contribution in [0.5, 0.6) is 0 Å². The summed E-state index contributed by atoms with van der Waals surface area (Å²) in [6.45, 7) is 3.60. The molecule has 0 saturated carbocycles. The summed E-state index contributed by atoms with van der Waals surface area (Å²) in [5.74, 6) is -0.301. The molecule has 2 atom stereocenters. The Bertz CT molecular complexity index is 664. The third-order valence-electron chi connectivity index (χ3n) is 3.29. The number of rotatable bonds is 5. The number of aliphatic hydroxyl groups excluding tert-OH is 1. The van der Waals surface area contributed by atoms with E-state index in [1.165, 1.54) is 22.2 Å². The van der Waals surface area contributed by atoms with Gasteiger partial charge >= 0.3 is 0 Å². The Morgan fingerprint density at radius 2 is 2.30 bits per heavy atom. The van der Waals surface area contributed by atoms with Gasteiger partial charge in [-0.3, -0.25) is 14.2 Å². The topological polar surface area (TPSA) is 84.2 Å². The van der Waals surface area contributed by atoms with Crippen LogP contribution in [-0.2, 0) is 11.3 Å². The molecular formula is C13H17N3O3S. The fourth-order valence-corrected chi connectivity index (χ4v) is 2.48. The van der Waals surface area contributed by atoms with Crippen LogP contribution >= 0.6 is 11.3 Å². The van der Waals surface area contributed by atoms with E-state index >= 15 is 0 Å². The number of nitrogens with one attached hydrogen (secondary N) is 1. The van der Waals surface area contributed by atoms with Gasteiger partial charge in [-0.15, -0.1) is 11.3 Å². The lowest BCUT2D eigenvalue weighted by molar-refractivity contribution is -0.122. The van der Waals surface area contributed by atoms with Crippen LogP contribution in [0.1, 0.15) is 13.8 Å². The Labute approximate surface area is 120 Å². The summed E-state index contributed by atoms with van der Waals surface area (Å²) in [4.78, 5) is 28.8. The lowest BCUT2D eigenvalue weighted by atomic mass is 10.1. The molecule has 0 saturated heterocycles. The first kappa shape index (κ1) is 14.7. The van der Waals surface area contributed by atoms with Gasteiger partial charge in [0.2, 0.25) is 5.91 Å². The Morgan fingerprint density at radius 1 is 1.55 bits per heavy atom. The molecule has 7 heteroatoms. The van der Waals surface area contributed by atoms with Gasteiger partial charge < -0.3 is 10.4 Å². The lowest BCUT2D eigenvalue weighted by Gasteiger charge is -2.19. The first-order chi connectivity index (χ1) is 9.52. The van der Waals surface area contributed by atoms with Crippen LogP contribution < -0.4 is 10.9 Å². The number of hydrogen-bond acceptors (Lipinski definition) is 5. The Morgan fingerprint density at radius 3 is 3.00 bits per heavy atom. The molecule has 0 aliphatic carbocycles. The van der Waals surface area contributed by atoms with Crippen molar-refractivity contribution in [3.05, 3.63) is 28.1 Å². The summed E-state index contributed by atoms with van der Waals surface area (Å²) in [6.07, 6.45) is 1.39. The Kier molecular flexibility index (Phi) is 4.51. The number of fused-ring (bicyclic) bond motifs is 1. The summed E-state index contributed by atoms with van der Waals surface area (Å²) in [5.41, 5.74) is -0.214. The number of carbonyl (C=O) groups excluding carboxylic acids is 1. The minimum absolute atomic E-state index is 0.00378. The number of carbonyl (C=O) groups is 1. The fourth-order valence-electron chi connectivity index (χ4n) is 1.76. The average Bonchev–Trinajstić information content (AvgIpc) is 2.90. The van der Waals surface area contributed by atoms with Crippen molar-refractivity contribution in [2.24, 2.45) is 5.92 Å². The van der Waals surface area contributed by atoms with Crippen LogP contribution in [-0.4, -0.2) is 33.2 Å². The van der Waals surface area contributed by atoms with E-state index < -0.39 is 0 Å². The number of aliphatic hydroxyl groups is 1. The maximum atomic E-state index is 12.1. The molecule has 0 aliphatic rings. The smallest absolute Gasteiger partial charge is 0.262 e. The zero-order valence-electron chi connectivity index (χ0n) is 11.4. The summed E-state index contributed by atoms with van der Waals surface area (Å²) in [7, 11) is 0. The van der Waals surface area contributed by atoms with Crippen molar-refractivity contribution in [3.8, 4) is 0 Å². The van der Waals surface area contributed by atoms with Gasteiger partial charge in [-0.05, 0) is 24.3 Å². The van der Waals surface area contributed by atoms with E-state index in [2.05, 4.69) is 10.3 Å². The van der Waals surface area contributed by atoms with Crippen LogP contribution in [0.25, 0.3) is 10.2 Å². The predicted octanol–water partition coefficient (Wildman–Crippen LogP) is 0.591. The summed E-state index contributed by atoms with van der Waals surface area (Å²) in [6, 6.07) is 1.56. The molecule has 2 heterocycles. The molecule has 2 aromatic rings. The molecule has 0 spiro atoms. The number of hydrogen-bond donors (Lipinski definition) is 2. The second-order valence-electron chi connectivity index (χ2n) is 4.83. The maximum Gasteiger partial charge on any atom is 0.262 e. The molecule has 6 nitrogen and oxygen atoms in total. The van der Waals surface area contributed by atoms with E-state index in [0.717, 1.165) is 0 Å². The third kappa shape index (κ3) is 3.05. The largest absolute Gasteiger partial charge is 0.396 e. The zero-order chi connectivity index (χ0) is 14.7. The molecule has 0 fully saturated rings. The van der Waals surface area contributed by atoms with Gasteiger partial charge in [0.05, 0.1) is 11.7 Å². The summed E-state index contributed by atoms with van der Waals surface area (Å²) < 4.78 is 1.29. The highest BCUT2D eigenvalue weighted by molar-refractivity contribution is 7.16. The van der Waals surface area contributed by atoms with Crippen LogP contribution in [0, 0.1) is 5.92 Å². The van der Waals surface area contributed by atoms with Crippen molar-refractivity contribution in [2.75, 3.05) is 6.61 Å². The number of nitrogens with zero attached hydrogens (tertiary/aromatic N) is 2. The monoisotopic (exact) mass is 295 g/mol. The van der Waals surface area contributed by atoms with E-state index in [-0.39, 0.29) is 36.6 Å². The van der Waals surface area contributed by atoms with Crippen LogP contribution in [0.15, 0.2) is 22.6 Å². The molecular weight excluding hydrogens is 278 g/mol. The molecule has 0 aliphatic heterocycles. The van der Waals surface area contributed by atoms with E-state index in [0.29, 0.717) is 10.2 Å². The normalized spacial score (nSPS) is 14.2. The average molecular weight is 295 g/mol. The highest BCUT2D eigenvalue weighted by Crippen LogP contribution is 2.13. The minimum Gasteiger partial charge on any atom is -0.396 e. The van der Waals surface area contributed by atoms with Crippen molar-refractivity contribution >= 4 is 27.5 Å². The van der Waals surface area contributed by atoms with Crippen molar-refractivity contribution in [3.63, 3.8) is 0 Å². The second kappa shape index (κ2) is 6.15. The molecule has 2 unspecified atom stereocenters. The Balaban J connectivity index is 2.10. The SMILES string of the molecule is CC(CO)C(C)NC(=O)Cn1cnc2sccc2c1=O. The highest BCUT2D eigenvalue weighted by Gasteiger charge is 2.15. The first-order valence-electron chi connectivity index (χ1n) is 6.35. The van der Waals surface area contributed by atoms with Crippen molar-refractivity contribution in [2.45, 2.75) is 26.4 Å². The first-order valence-corrected chi connectivity index (χ1v) is 7.23. The number of aromatic nitrogens is 2. The highest BCUT2D eigenvalue weighted by atomic mass is 32.1. The third-order valence-corrected chi connectivity index (χ3v) is 4.12. The van der Waals surface area contributed by atoms with Crippen molar-refractivity contribution < 1.29 is 9.90 Å². The van der Waals surface area contributed by atoms with Gasteiger partial charge in [0.1, 0.15) is 11.4 Å². The number of thiophene rings is 1. The van der Waals surface area contributed by atoms with E-state index in [1.54, 1.807) is 11.4 Å². The minimum atomic E-state index is -0.267.